The van der Waals surface area contributed by atoms with E-state index in [0.29, 0.717) is 24.5 Å². The van der Waals surface area contributed by atoms with Crippen molar-refractivity contribution < 1.29 is 14.1 Å². The molecule has 1 aromatic carbocycles. The highest BCUT2D eigenvalue weighted by Crippen LogP contribution is 2.18. The minimum atomic E-state index is -0.181. The summed E-state index contributed by atoms with van der Waals surface area (Å²) in [6.07, 6.45) is 3.83. The number of pyridine rings is 1. The van der Waals surface area contributed by atoms with E-state index in [-0.39, 0.29) is 5.91 Å². The maximum Gasteiger partial charge on any atom is 0.251 e. The molecule has 0 radical (unpaired) electrons. The van der Waals surface area contributed by atoms with E-state index in [1.807, 2.05) is 54.9 Å². The molecule has 0 saturated heterocycles. The fraction of sp³-hybridized carbons (Fsp3) is 0.190. The number of amides is 1. The minimum absolute atomic E-state index is 0.181. The number of nitrogens with one attached hydrogen (secondary N) is 1. The number of aromatic nitrogens is 3. The lowest BCUT2D eigenvalue weighted by Gasteiger charge is -2.08. The standard InChI is InChI=1S/C21H20N4O3/c1-14-19(15(2)28-24-14)13-27-18-7-5-6-16(10-18)21(26)22-11-17-12-25-9-4-3-8-20(25)23-17/h3-10,12H,11,13H2,1-2H3,(H,22,26). The molecule has 1 amide bonds. The van der Waals surface area contributed by atoms with E-state index in [0.717, 1.165) is 28.4 Å². The third kappa shape index (κ3) is 3.73. The van der Waals surface area contributed by atoms with Crippen molar-refractivity contribution in [3.63, 3.8) is 0 Å². The summed E-state index contributed by atoms with van der Waals surface area (Å²) in [7, 11) is 0. The fourth-order valence-electron chi connectivity index (χ4n) is 2.94. The molecule has 4 aromatic rings. The maximum absolute atomic E-state index is 12.5. The van der Waals surface area contributed by atoms with E-state index in [1.165, 1.54) is 0 Å². The first kappa shape index (κ1) is 17.8. The van der Waals surface area contributed by atoms with Gasteiger partial charge in [-0.25, -0.2) is 4.98 Å². The van der Waals surface area contributed by atoms with Gasteiger partial charge in [0, 0.05) is 18.0 Å². The van der Waals surface area contributed by atoms with Gasteiger partial charge in [0.15, 0.2) is 0 Å². The number of imidazole rings is 1. The predicted octanol–water partition coefficient (Wildman–Crippen LogP) is 3.45. The molecule has 0 spiro atoms. The molecule has 0 atom stereocenters. The van der Waals surface area contributed by atoms with Gasteiger partial charge >= 0.3 is 0 Å². The monoisotopic (exact) mass is 376 g/mol. The Morgan fingerprint density at radius 1 is 1.21 bits per heavy atom. The van der Waals surface area contributed by atoms with Crippen molar-refractivity contribution in [1.82, 2.24) is 19.9 Å². The van der Waals surface area contributed by atoms with Crippen LogP contribution in [0.3, 0.4) is 0 Å². The van der Waals surface area contributed by atoms with Crippen molar-refractivity contribution in [1.29, 1.82) is 0 Å². The van der Waals surface area contributed by atoms with Crippen molar-refractivity contribution in [2.45, 2.75) is 27.0 Å². The first-order valence-electron chi connectivity index (χ1n) is 8.95. The Kier molecular flexibility index (Phi) is 4.80. The van der Waals surface area contributed by atoms with Gasteiger partial charge in [-0.2, -0.15) is 0 Å². The van der Waals surface area contributed by atoms with Crippen LogP contribution in [0.25, 0.3) is 5.65 Å². The normalized spacial score (nSPS) is 10.9. The summed E-state index contributed by atoms with van der Waals surface area (Å²) in [5.41, 5.74) is 3.90. The number of nitrogens with zero attached hydrogens (tertiary/aromatic N) is 3. The molecule has 0 aliphatic carbocycles. The van der Waals surface area contributed by atoms with Crippen LogP contribution in [0.5, 0.6) is 5.75 Å². The first-order chi connectivity index (χ1) is 13.6. The number of ether oxygens (including phenoxy) is 1. The van der Waals surface area contributed by atoms with E-state index >= 15 is 0 Å². The Bertz CT molecular complexity index is 1080. The molecule has 3 aromatic heterocycles. The Morgan fingerprint density at radius 3 is 2.89 bits per heavy atom. The van der Waals surface area contributed by atoms with Crippen LogP contribution in [-0.2, 0) is 13.2 Å². The molecule has 0 bridgehead atoms. The van der Waals surface area contributed by atoms with Crippen molar-refractivity contribution in [3.8, 4) is 5.75 Å². The van der Waals surface area contributed by atoms with Crippen LogP contribution >= 0.6 is 0 Å². The molecule has 0 aliphatic rings. The summed E-state index contributed by atoms with van der Waals surface area (Å²) in [6.45, 7) is 4.42. The third-order valence-electron chi connectivity index (χ3n) is 4.50. The van der Waals surface area contributed by atoms with Crippen LogP contribution in [0.4, 0.5) is 0 Å². The van der Waals surface area contributed by atoms with Crippen LogP contribution in [-0.4, -0.2) is 20.4 Å². The van der Waals surface area contributed by atoms with Crippen molar-refractivity contribution >= 4 is 11.6 Å². The van der Waals surface area contributed by atoms with Crippen molar-refractivity contribution in [3.05, 3.63) is 83.1 Å². The number of benzene rings is 1. The van der Waals surface area contributed by atoms with Gasteiger partial charge in [-0.05, 0) is 44.2 Å². The van der Waals surface area contributed by atoms with Crippen LogP contribution < -0.4 is 10.1 Å². The lowest BCUT2D eigenvalue weighted by molar-refractivity contribution is 0.0950. The molecule has 0 saturated carbocycles. The predicted molar refractivity (Wildman–Crippen MR) is 103 cm³/mol. The van der Waals surface area contributed by atoms with Gasteiger partial charge < -0.3 is 19.0 Å². The second-order valence-corrected chi connectivity index (χ2v) is 6.50. The highest BCUT2D eigenvalue weighted by molar-refractivity contribution is 5.94. The van der Waals surface area contributed by atoms with E-state index in [1.54, 1.807) is 18.2 Å². The van der Waals surface area contributed by atoms with Gasteiger partial charge in [0.2, 0.25) is 0 Å². The van der Waals surface area contributed by atoms with Crippen molar-refractivity contribution in [2.75, 3.05) is 0 Å². The zero-order chi connectivity index (χ0) is 19.5. The van der Waals surface area contributed by atoms with E-state index in [2.05, 4.69) is 15.5 Å². The summed E-state index contributed by atoms with van der Waals surface area (Å²) < 4.78 is 12.9. The molecule has 7 heteroatoms. The molecule has 3 heterocycles. The second kappa shape index (κ2) is 7.56. The summed E-state index contributed by atoms with van der Waals surface area (Å²) in [5, 5.41) is 6.81. The van der Waals surface area contributed by atoms with Gasteiger partial charge in [0.25, 0.3) is 5.91 Å². The molecule has 4 rings (SSSR count). The highest BCUT2D eigenvalue weighted by atomic mass is 16.5. The summed E-state index contributed by atoms with van der Waals surface area (Å²) in [5.74, 6) is 1.17. The first-order valence-corrected chi connectivity index (χ1v) is 8.95. The van der Waals surface area contributed by atoms with Gasteiger partial charge in [-0.1, -0.05) is 17.3 Å². The fourth-order valence-corrected chi connectivity index (χ4v) is 2.94. The van der Waals surface area contributed by atoms with Crippen molar-refractivity contribution in [2.24, 2.45) is 0 Å². The molecule has 0 unspecified atom stereocenters. The van der Waals surface area contributed by atoms with Crippen LogP contribution in [0.2, 0.25) is 0 Å². The summed E-state index contributed by atoms with van der Waals surface area (Å²) >= 11 is 0. The number of fused-ring (bicyclic) bond motifs is 1. The molecule has 142 valence electrons. The van der Waals surface area contributed by atoms with Crippen LogP contribution in [0, 0.1) is 13.8 Å². The third-order valence-corrected chi connectivity index (χ3v) is 4.50. The molecule has 1 N–H and O–H groups in total. The van der Waals surface area contributed by atoms with E-state index in [9.17, 15) is 4.79 Å². The smallest absolute Gasteiger partial charge is 0.251 e. The zero-order valence-corrected chi connectivity index (χ0v) is 15.7. The van der Waals surface area contributed by atoms with Gasteiger partial charge in [-0.3, -0.25) is 4.79 Å². The molecule has 0 fully saturated rings. The Balaban J connectivity index is 1.39. The Morgan fingerprint density at radius 2 is 2.11 bits per heavy atom. The Hall–Kier alpha value is -3.61. The van der Waals surface area contributed by atoms with Crippen LogP contribution in [0.15, 0.2) is 59.4 Å². The molecular formula is C21H20N4O3. The second-order valence-electron chi connectivity index (χ2n) is 6.50. The number of rotatable bonds is 6. The SMILES string of the molecule is Cc1noc(C)c1COc1cccc(C(=O)NCc2cn3ccccc3n2)c1. The number of hydrogen-bond donors (Lipinski definition) is 1. The highest BCUT2D eigenvalue weighted by Gasteiger charge is 2.11. The molecule has 0 aliphatic heterocycles. The maximum atomic E-state index is 12.5. The number of hydrogen-bond acceptors (Lipinski definition) is 5. The Labute approximate surface area is 161 Å². The molecular weight excluding hydrogens is 356 g/mol. The quantitative estimate of drug-likeness (QED) is 0.557. The number of aryl methyl sites for hydroxylation is 2. The van der Waals surface area contributed by atoms with Gasteiger partial charge in [0.05, 0.1) is 23.5 Å². The summed E-state index contributed by atoms with van der Waals surface area (Å²) in [6, 6.07) is 12.9. The van der Waals surface area contributed by atoms with E-state index in [4.69, 9.17) is 9.26 Å². The number of carbonyl (C=O) groups is 1. The molecule has 28 heavy (non-hydrogen) atoms. The summed E-state index contributed by atoms with van der Waals surface area (Å²) in [4.78, 5) is 17.0. The minimum Gasteiger partial charge on any atom is -0.489 e. The number of carbonyl (C=O) groups excluding carboxylic acids is 1. The zero-order valence-electron chi connectivity index (χ0n) is 15.7. The average Bonchev–Trinajstić information content (AvgIpc) is 3.27. The average molecular weight is 376 g/mol. The largest absolute Gasteiger partial charge is 0.489 e. The van der Waals surface area contributed by atoms with Gasteiger partial charge in [-0.15, -0.1) is 0 Å². The topological polar surface area (TPSA) is 81.7 Å². The molecule has 7 nitrogen and oxygen atoms in total. The lowest BCUT2D eigenvalue weighted by Crippen LogP contribution is -2.22. The van der Waals surface area contributed by atoms with Crippen LogP contribution in [0.1, 0.15) is 33.1 Å². The van der Waals surface area contributed by atoms with Gasteiger partial charge in [0.1, 0.15) is 23.8 Å². The lowest BCUT2D eigenvalue weighted by atomic mass is 10.2. The van der Waals surface area contributed by atoms with E-state index < -0.39 is 0 Å².